The van der Waals surface area contributed by atoms with Crippen LogP contribution < -0.4 is 0 Å². The average molecular weight is 971 g/mol. The zero-order valence-electron chi connectivity index (χ0n) is 43.1. The summed E-state index contributed by atoms with van der Waals surface area (Å²) >= 11 is 0. The lowest BCUT2D eigenvalue weighted by atomic mass is 9.79. The van der Waals surface area contributed by atoms with E-state index in [1.165, 1.54) is 144 Å². The van der Waals surface area contributed by atoms with Gasteiger partial charge in [-0.1, -0.05) is 198 Å². The van der Waals surface area contributed by atoms with Crippen molar-refractivity contribution in [3.63, 3.8) is 0 Å². The van der Waals surface area contributed by atoms with Crippen LogP contribution in [0.25, 0.3) is 123 Å². The Bertz CT molecular complexity index is 4520. The van der Waals surface area contributed by atoms with E-state index in [4.69, 9.17) is 0 Å². The fourth-order valence-corrected chi connectivity index (χ4v) is 13.1. The Kier molecular flexibility index (Phi) is 9.69. The van der Waals surface area contributed by atoms with Gasteiger partial charge < -0.3 is 9.13 Å². The molecule has 13 aromatic rings. The van der Waals surface area contributed by atoms with E-state index in [9.17, 15) is 0 Å². The molecule has 2 heteroatoms. The van der Waals surface area contributed by atoms with Gasteiger partial charge in [0.15, 0.2) is 0 Å². The Balaban J connectivity index is 0.678. The molecule has 2 nitrogen and oxygen atoms in total. The topological polar surface area (TPSA) is 9.86 Å². The molecular formula is C74H54N2. The maximum atomic E-state index is 2.53. The standard InChI is InChI=1S/C74H54N2/c1-73(2)65-43-53(50-31-27-48(28-32-50)24-23-47-25-29-49(30-26-47)51-35-39-71-63(41-51)59-19-11-13-21-69(59)75(71)55-15-7-5-8-16-55)33-37-57(65)61-45-68-62(46-67(61)73)58-38-34-54(44-66(58)74(68,3)4)52-36-40-72-64(42-52)60-20-12-14-22-70(60)76(72)56-17-9-6-10-18-56/h5-46H,1-4H3. The van der Waals surface area contributed by atoms with Crippen molar-refractivity contribution in [2.24, 2.45) is 0 Å². The first-order chi connectivity index (χ1) is 37.2. The SMILES string of the molecule is CC1(C)c2cc(-c3ccc(C=Cc4ccc(-c5ccc6c(c5)c5ccccc5n6-c5ccccc5)cc4)cc3)ccc2-c2cc3c(cc21)-c1ccc(-c2ccc4c(c2)c2ccccc2n4-c2ccccc2)cc1C3(C)C. The smallest absolute Gasteiger partial charge is 0.0541 e. The minimum atomic E-state index is -0.154. The Morgan fingerprint density at radius 1 is 0.263 bits per heavy atom. The zero-order valence-corrected chi connectivity index (χ0v) is 43.1. The molecule has 2 aromatic heterocycles. The molecule has 0 unspecified atom stereocenters. The minimum Gasteiger partial charge on any atom is -0.309 e. The third-order valence-electron chi connectivity index (χ3n) is 17.1. The van der Waals surface area contributed by atoms with Gasteiger partial charge in [-0.15, -0.1) is 0 Å². The van der Waals surface area contributed by atoms with Crippen LogP contribution in [0.5, 0.6) is 0 Å². The van der Waals surface area contributed by atoms with Crippen molar-refractivity contribution in [3.05, 3.63) is 276 Å². The van der Waals surface area contributed by atoms with Gasteiger partial charge in [0.05, 0.1) is 22.1 Å². The highest BCUT2D eigenvalue weighted by atomic mass is 15.0. The molecule has 76 heavy (non-hydrogen) atoms. The normalized spacial score (nSPS) is 13.9. The van der Waals surface area contributed by atoms with Crippen LogP contribution in [0.2, 0.25) is 0 Å². The van der Waals surface area contributed by atoms with Crippen LogP contribution >= 0.6 is 0 Å². The van der Waals surface area contributed by atoms with Gasteiger partial charge in [0.25, 0.3) is 0 Å². The quantitative estimate of drug-likeness (QED) is 0.141. The molecule has 0 atom stereocenters. The van der Waals surface area contributed by atoms with Crippen molar-refractivity contribution >= 4 is 55.8 Å². The Morgan fingerprint density at radius 2 is 0.592 bits per heavy atom. The molecule has 0 amide bonds. The molecule has 0 aliphatic heterocycles. The van der Waals surface area contributed by atoms with Gasteiger partial charge in [0.2, 0.25) is 0 Å². The lowest BCUT2D eigenvalue weighted by Crippen LogP contribution is -2.17. The van der Waals surface area contributed by atoms with Crippen LogP contribution in [0, 0.1) is 0 Å². The molecule has 0 fully saturated rings. The summed E-state index contributed by atoms with van der Waals surface area (Å²) in [7, 11) is 0. The molecule has 2 heterocycles. The van der Waals surface area contributed by atoms with E-state index in [-0.39, 0.29) is 10.8 Å². The molecule has 0 N–H and O–H groups in total. The molecule has 0 saturated heterocycles. The van der Waals surface area contributed by atoms with Crippen LogP contribution in [0.15, 0.2) is 243 Å². The van der Waals surface area contributed by atoms with Crippen molar-refractivity contribution in [3.8, 4) is 67.0 Å². The van der Waals surface area contributed by atoms with Crippen LogP contribution in [0.3, 0.4) is 0 Å². The number of hydrogen-bond donors (Lipinski definition) is 0. The lowest BCUT2D eigenvalue weighted by molar-refractivity contribution is 0.652. The van der Waals surface area contributed by atoms with Gasteiger partial charge in [-0.3, -0.25) is 0 Å². The van der Waals surface area contributed by atoms with E-state index in [1.54, 1.807) is 0 Å². The molecule has 11 aromatic carbocycles. The van der Waals surface area contributed by atoms with Crippen molar-refractivity contribution in [1.29, 1.82) is 0 Å². The molecule has 15 rings (SSSR count). The third-order valence-corrected chi connectivity index (χ3v) is 17.1. The predicted octanol–water partition coefficient (Wildman–Crippen LogP) is 19.7. The average Bonchev–Trinajstić information content (AvgIpc) is 4.27. The Labute approximate surface area is 444 Å². The molecule has 2 aliphatic carbocycles. The Hall–Kier alpha value is -9.24. The first-order valence-corrected chi connectivity index (χ1v) is 26.7. The highest BCUT2D eigenvalue weighted by molar-refractivity contribution is 6.12. The highest BCUT2D eigenvalue weighted by Gasteiger charge is 2.42. The maximum absolute atomic E-state index is 2.53. The molecule has 0 spiro atoms. The summed E-state index contributed by atoms with van der Waals surface area (Å²) < 4.78 is 4.76. The number of rotatable bonds is 7. The second-order valence-corrected chi connectivity index (χ2v) is 22.1. The highest BCUT2D eigenvalue weighted by Crippen LogP contribution is 2.57. The van der Waals surface area contributed by atoms with E-state index in [2.05, 4.69) is 292 Å². The van der Waals surface area contributed by atoms with E-state index < -0.39 is 0 Å². The number of hydrogen-bond acceptors (Lipinski definition) is 0. The monoisotopic (exact) mass is 970 g/mol. The summed E-state index contributed by atoms with van der Waals surface area (Å²) in [6, 6.07) is 90.1. The molecule has 0 bridgehead atoms. The van der Waals surface area contributed by atoms with Crippen molar-refractivity contribution < 1.29 is 0 Å². The minimum absolute atomic E-state index is 0.148. The van der Waals surface area contributed by atoms with Crippen LogP contribution in [-0.2, 0) is 10.8 Å². The Morgan fingerprint density at radius 3 is 1.04 bits per heavy atom. The van der Waals surface area contributed by atoms with Gasteiger partial charge in [-0.25, -0.2) is 0 Å². The molecule has 360 valence electrons. The summed E-state index contributed by atoms with van der Waals surface area (Å²) in [5.74, 6) is 0. The second kappa shape index (κ2) is 16.6. The fraction of sp³-hybridized carbons (Fsp3) is 0.0811. The van der Waals surface area contributed by atoms with Gasteiger partial charge in [0.1, 0.15) is 0 Å². The van der Waals surface area contributed by atoms with Crippen molar-refractivity contribution in [2.45, 2.75) is 38.5 Å². The van der Waals surface area contributed by atoms with Crippen molar-refractivity contribution in [1.82, 2.24) is 9.13 Å². The lowest BCUT2D eigenvalue weighted by Gasteiger charge is -2.24. The second-order valence-electron chi connectivity index (χ2n) is 22.1. The summed E-state index contributed by atoms with van der Waals surface area (Å²) in [6.45, 7) is 9.65. The summed E-state index contributed by atoms with van der Waals surface area (Å²) in [4.78, 5) is 0. The van der Waals surface area contributed by atoms with Gasteiger partial charge >= 0.3 is 0 Å². The van der Waals surface area contributed by atoms with Gasteiger partial charge in [-0.05, 0) is 174 Å². The number of para-hydroxylation sites is 4. The summed E-state index contributed by atoms with van der Waals surface area (Å²) in [6.07, 6.45) is 4.44. The fourth-order valence-electron chi connectivity index (χ4n) is 13.1. The van der Waals surface area contributed by atoms with Crippen LogP contribution in [0.1, 0.15) is 61.1 Å². The van der Waals surface area contributed by atoms with Crippen molar-refractivity contribution in [2.75, 3.05) is 0 Å². The number of nitrogens with zero attached hydrogens (tertiary/aromatic N) is 2. The third kappa shape index (κ3) is 6.73. The summed E-state index contributed by atoms with van der Waals surface area (Å²) in [5.41, 5.74) is 27.8. The summed E-state index contributed by atoms with van der Waals surface area (Å²) in [5, 5.41) is 5.08. The number of aromatic nitrogens is 2. The van der Waals surface area contributed by atoms with E-state index >= 15 is 0 Å². The predicted molar refractivity (Wildman–Crippen MR) is 322 cm³/mol. The maximum Gasteiger partial charge on any atom is 0.0541 e. The van der Waals surface area contributed by atoms with Gasteiger partial charge in [0, 0.05) is 43.7 Å². The zero-order chi connectivity index (χ0) is 50.9. The van der Waals surface area contributed by atoms with Crippen LogP contribution in [-0.4, -0.2) is 9.13 Å². The number of benzene rings is 11. The molecule has 0 saturated carbocycles. The molecular weight excluding hydrogens is 917 g/mol. The van der Waals surface area contributed by atoms with Crippen LogP contribution in [0.4, 0.5) is 0 Å². The molecule has 2 aliphatic rings. The number of fused-ring (bicyclic) bond motifs is 12. The molecule has 0 radical (unpaired) electrons. The van der Waals surface area contributed by atoms with E-state index in [1.807, 2.05) is 0 Å². The van der Waals surface area contributed by atoms with E-state index in [0.29, 0.717) is 0 Å². The first kappa shape index (κ1) is 44.3. The van der Waals surface area contributed by atoms with Gasteiger partial charge in [-0.2, -0.15) is 0 Å². The first-order valence-electron chi connectivity index (χ1n) is 26.7. The van der Waals surface area contributed by atoms with E-state index in [0.717, 1.165) is 0 Å². The largest absolute Gasteiger partial charge is 0.309 e.